The second kappa shape index (κ2) is 5.02. The van der Waals surface area contributed by atoms with Crippen LogP contribution >= 0.6 is 0 Å². The largest absolute Gasteiger partial charge is 0.274 e. The fraction of sp³-hybridized carbons (Fsp3) is 0.700. The summed E-state index contributed by atoms with van der Waals surface area (Å²) in [5, 5.41) is 1.45. The first-order valence-corrected chi connectivity index (χ1v) is 4.78. The zero-order valence-corrected chi connectivity index (χ0v) is 8.16. The monoisotopic (exact) mass is 183 g/mol. The number of carbonyl (C=O) groups excluding carboxylic acids is 1. The van der Waals surface area contributed by atoms with Crippen LogP contribution in [0.3, 0.4) is 0 Å². The third-order valence-electron chi connectivity index (χ3n) is 2.41. The van der Waals surface area contributed by atoms with Crippen molar-refractivity contribution in [3.8, 4) is 0 Å². The van der Waals surface area contributed by atoms with Gasteiger partial charge in [-0.2, -0.15) is 0 Å². The van der Waals surface area contributed by atoms with E-state index in [4.69, 9.17) is 4.84 Å². The standard InChI is InChI=1S/C10H17NO2/c1-3-9-7-5-4-6-8-10(12)11(9)13-2/h3,9H,1,4-8H2,2H3/t9-/m1/s1. The van der Waals surface area contributed by atoms with Crippen molar-refractivity contribution >= 4 is 5.91 Å². The summed E-state index contributed by atoms with van der Waals surface area (Å²) < 4.78 is 0. The highest BCUT2D eigenvalue weighted by Crippen LogP contribution is 2.17. The molecule has 3 heteroatoms. The van der Waals surface area contributed by atoms with Crippen LogP contribution in [0.15, 0.2) is 12.7 Å². The highest BCUT2D eigenvalue weighted by molar-refractivity contribution is 5.75. The van der Waals surface area contributed by atoms with Crippen LogP contribution in [-0.2, 0) is 9.63 Å². The number of rotatable bonds is 2. The lowest BCUT2D eigenvalue weighted by Crippen LogP contribution is -2.39. The van der Waals surface area contributed by atoms with Crippen LogP contribution in [-0.4, -0.2) is 24.1 Å². The molecule has 1 amide bonds. The van der Waals surface area contributed by atoms with Gasteiger partial charge >= 0.3 is 0 Å². The van der Waals surface area contributed by atoms with Crippen molar-refractivity contribution in [1.29, 1.82) is 0 Å². The molecule has 1 saturated heterocycles. The molecule has 0 spiro atoms. The van der Waals surface area contributed by atoms with E-state index in [1.54, 1.807) is 6.08 Å². The van der Waals surface area contributed by atoms with Crippen LogP contribution in [0.4, 0.5) is 0 Å². The molecule has 0 aliphatic carbocycles. The van der Waals surface area contributed by atoms with Crippen LogP contribution in [0.2, 0.25) is 0 Å². The Hall–Kier alpha value is -0.830. The number of nitrogens with zero attached hydrogens (tertiary/aromatic N) is 1. The quantitative estimate of drug-likeness (QED) is 0.612. The molecule has 1 rings (SSSR count). The van der Waals surface area contributed by atoms with Gasteiger partial charge in [-0.25, -0.2) is 5.06 Å². The summed E-state index contributed by atoms with van der Waals surface area (Å²) in [5.41, 5.74) is 0. The van der Waals surface area contributed by atoms with Crippen LogP contribution in [0.5, 0.6) is 0 Å². The van der Waals surface area contributed by atoms with Crippen molar-refractivity contribution in [3.05, 3.63) is 12.7 Å². The second-order valence-corrected chi connectivity index (χ2v) is 3.30. The zero-order chi connectivity index (χ0) is 9.68. The molecule has 0 aromatic heterocycles. The maximum absolute atomic E-state index is 11.5. The molecule has 0 unspecified atom stereocenters. The fourth-order valence-electron chi connectivity index (χ4n) is 1.67. The van der Waals surface area contributed by atoms with E-state index in [0.29, 0.717) is 6.42 Å². The fourth-order valence-corrected chi connectivity index (χ4v) is 1.67. The Bertz CT molecular complexity index is 191. The lowest BCUT2D eigenvalue weighted by Gasteiger charge is -2.28. The molecule has 3 nitrogen and oxygen atoms in total. The lowest BCUT2D eigenvalue weighted by atomic mass is 10.0. The van der Waals surface area contributed by atoms with Gasteiger partial charge in [0.1, 0.15) is 0 Å². The first-order chi connectivity index (χ1) is 6.29. The van der Waals surface area contributed by atoms with Crippen molar-refractivity contribution in [1.82, 2.24) is 5.06 Å². The van der Waals surface area contributed by atoms with E-state index in [9.17, 15) is 4.79 Å². The van der Waals surface area contributed by atoms with Gasteiger partial charge in [-0.3, -0.25) is 9.63 Å². The van der Waals surface area contributed by atoms with Gasteiger partial charge in [0.15, 0.2) is 0 Å². The summed E-state index contributed by atoms with van der Waals surface area (Å²) in [6, 6.07) is 0.0535. The van der Waals surface area contributed by atoms with E-state index < -0.39 is 0 Å². The Kier molecular flexibility index (Phi) is 3.96. The number of carbonyl (C=O) groups is 1. The van der Waals surface area contributed by atoms with Gasteiger partial charge in [-0.1, -0.05) is 18.9 Å². The van der Waals surface area contributed by atoms with Crippen LogP contribution in [0.25, 0.3) is 0 Å². The summed E-state index contributed by atoms with van der Waals surface area (Å²) in [6.07, 6.45) is 6.59. The molecule has 1 heterocycles. The third kappa shape index (κ3) is 2.56. The van der Waals surface area contributed by atoms with Gasteiger partial charge in [0, 0.05) is 6.42 Å². The molecule has 0 aromatic rings. The van der Waals surface area contributed by atoms with Crippen LogP contribution < -0.4 is 0 Å². The average Bonchev–Trinajstić information content (AvgIpc) is 2.12. The van der Waals surface area contributed by atoms with E-state index in [0.717, 1.165) is 25.7 Å². The molecule has 1 aliphatic rings. The molecule has 0 bridgehead atoms. The van der Waals surface area contributed by atoms with Gasteiger partial charge in [-0.05, 0) is 12.8 Å². The van der Waals surface area contributed by atoms with E-state index >= 15 is 0 Å². The maximum atomic E-state index is 11.5. The van der Waals surface area contributed by atoms with Gasteiger partial charge in [0.2, 0.25) is 5.91 Å². The summed E-state index contributed by atoms with van der Waals surface area (Å²) in [6.45, 7) is 3.72. The minimum atomic E-state index is 0.0535. The molecule has 1 atom stereocenters. The molecular formula is C10H17NO2. The van der Waals surface area contributed by atoms with Gasteiger partial charge in [-0.15, -0.1) is 6.58 Å². The smallest absolute Gasteiger partial charge is 0.246 e. The Labute approximate surface area is 79.3 Å². The minimum Gasteiger partial charge on any atom is -0.274 e. The first-order valence-electron chi connectivity index (χ1n) is 4.78. The molecule has 74 valence electrons. The zero-order valence-electron chi connectivity index (χ0n) is 8.16. The van der Waals surface area contributed by atoms with Crippen molar-refractivity contribution in [2.75, 3.05) is 7.11 Å². The van der Waals surface area contributed by atoms with Crippen LogP contribution in [0, 0.1) is 0 Å². The molecule has 1 fully saturated rings. The molecule has 13 heavy (non-hydrogen) atoms. The summed E-state index contributed by atoms with van der Waals surface area (Å²) >= 11 is 0. The number of amides is 1. The van der Waals surface area contributed by atoms with E-state index in [-0.39, 0.29) is 11.9 Å². The normalized spacial score (nSPS) is 25.2. The predicted octanol–water partition coefficient (Wildman–Crippen LogP) is 1.90. The molecule has 0 saturated carbocycles. The van der Waals surface area contributed by atoms with Crippen molar-refractivity contribution in [2.24, 2.45) is 0 Å². The van der Waals surface area contributed by atoms with E-state index in [1.165, 1.54) is 12.2 Å². The van der Waals surface area contributed by atoms with Crippen molar-refractivity contribution in [3.63, 3.8) is 0 Å². The SMILES string of the molecule is C=C[C@@H]1CCCCCC(=O)N1OC. The Morgan fingerprint density at radius 1 is 1.54 bits per heavy atom. The maximum Gasteiger partial charge on any atom is 0.246 e. The number of hydroxylamine groups is 2. The van der Waals surface area contributed by atoms with E-state index in [1.807, 2.05) is 0 Å². The van der Waals surface area contributed by atoms with Crippen molar-refractivity contribution < 1.29 is 9.63 Å². The van der Waals surface area contributed by atoms with Crippen LogP contribution in [0.1, 0.15) is 32.1 Å². The highest BCUT2D eigenvalue weighted by Gasteiger charge is 2.22. The first kappa shape index (κ1) is 10.3. The average molecular weight is 183 g/mol. The molecule has 0 radical (unpaired) electrons. The number of hydrogen-bond donors (Lipinski definition) is 0. The minimum absolute atomic E-state index is 0.0535. The Balaban J connectivity index is 2.65. The van der Waals surface area contributed by atoms with Crippen molar-refractivity contribution in [2.45, 2.75) is 38.1 Å². The highest BCUT2D eigenvalue weighted by atomic mass is 16.7. The summed E-state index contributed by atoms with van der Waals surface area (Å²) in [4.78, 5) is 16.6. The number of hydrogen-bond acceptors (Lipinski definition) is 2. The predicted molar refractivity (Wildman–Crippen MR) is 50.9 cm³/mol. The lowest BCUT2D eigenvalue weighted by molar-refractivity contribution is -0.185. The Morgan fingerprint density at radius 3 is 2.92 bits per heavy atom. The topological polar surface area (TPSA) is 29.5 Å². The summed E-state index contributed by atoms with van der Waals surface area (Å²) in [7, 11) is 1.54. The molecule has 1 aliphatic heterocycles. The molecule has 0 N–H and O–H groups in total. The third-order valence-corrected chi connectivity index (χ3v) is 2.41. The molecule has 0 aromatic carbocycles. The van der Waals surface area contributed by atoms with Gasteiger partial charge in [0.25, 0.3) is 0 Å². The van der Waals surface area contributed by atoms with E-state index in [2.05, 4.69) is 6.58 Å². The Morgan fingerprint density at radius 2 is 2.31 bits per heavy atom. The van der Waals surface area contributed by atoms with Gasteiger partial charge in [0.05, 0.1) is 13.2 Å². The second-order valence-electron chi connectivity index (χ2n) is 3.30. The summed E-state index contributed by atoms with van der Waals surface area (Å²) in [5.74, 6) is 0.0760. The molecular weight excluding hydrogens is 166 g/mol. The van der Waals surface area contributed by atoms with Gasteiger partial charge < -0.3 is 0 Å².